The zero-order valence-corrected chi connectivity index (χ0v) is 12.5. The van der Waals surface area contributed by atoms with Crippen LogP contribution in [-0.4, -0.2) is 48.0 Å². The van der Waals surface area contributed by atoms with E-state index in [4.69, 9.17) is 4.74 Å². The average Bonchev–Trinajstić information content (AvgIpc) is 2.97. The maximum atomic E-state index is 5.16. The van der Waals surface area contributed by atoms with Crippen LogP contribution in [-0.2, 0) is 6.42 Å². The molecule has 0 saturated carbocycles. The Labute approximate surface area is 124 Å². The first-order valence-corrected chi connectivity index (χ1v) is 7.27. The van der Waals surface area contributed by atoms with Crippen molar-refractivity contribution < 1.29 is 4.74 Å². The van der Waals surface area contributed by atoms with Crippen molar-refractivity contribution in [1.82, 2.24) is 20.5 Å². The molecular formula is C15H21N5O. The molecule has 1 fully saturated rings. The number of rotatable bonds is 4. The first kappa shape index (κ1) is 13.9. The van der Waals surface area contributed by atoms with E-state index < -0.39 is 0 Å². The van der Waals surface area contributed by atoms with Gasteiger partial charge < -0.3 is 15.0 Å². The lowest BCUT2D eigenvalue weighted by Crippen LogP contribution is -2.49. The molecule has 2 heterocycles. The van der Waals surface area contributed by atoms with Gasteiger partial charge in [-0.15, -0.1) is 5.10 Å². The second-order valence-corrected chi connectivity index (χ2v) is 5.41. The van der Waals surface area contributed by atoms with Crippen LogP contribution in [0.25, 0.3) is 0 Å². The largest absolute Gasteiger partial charge is 0.497 e. The normalized spacial score (nSPS) is 18.8. The van der Waals surface area contributed by atoms with Gasteiger partial charge in [0.2, 0.25) is 5.95 Å². The van der Waals surface area contributed by atoms with Crippen molar-refractivity contribution in [2.75, 3.05) is 31.6 Å². The van der Waals surface area contributed by atoms with E-state index in [1.54, 1.807) is 7.11 Å². The summed E-state index contributed by atoms with van der Waals surface area (Å²) in [4.78, 5) is 6.82. The number of H-pyrrole nitrogens is 1. The fraction of sp³-hybridized carbons (Fsp3) is 0.467. The van der Waals surface area contributed by atoms with Gasteiger partial charge in [-0.1, -0.05) is 12.1 Å². The van der Waals surface area contributed by atoms with E-state index in [-0.39, 0.29) is 0 Å². The number of aromatic nitrogens is 3. The first-order valence-electron chi connectivity index (χ1n) is 7.27. The van der Waals surface area contributed by atoms with Crippen molar-refractivity contribution in [3.05, 3.63) is 35.7 Å². The number of piperazine rings is 1. The van der Waals surface area contributed by atoms with Crippen LogP contribution in [0, 0.1) is 0 Å². The van der Waals surface area contributed by atoms with Crippen LogP contribution in [0.1, 0.15) is 18.3 Å². The Bertz CT molecular complexity index is 580. The molecule has 1 aromatic carbocycles. The summed E-state index contributed by atoms with van der Waals surface area (Å²) in [5.74, 6) is 2.56. The lowest BCUT2D eigenvalue weighted by molar-refractivity contribution is 0.414. The summed E-state index contributed by atoms with van der Waals surface area (Å²) < 4.78 is 5.16. The van der Waals surface area contributed by atoms with Crippen molar-refractivity contribution in [3.8, 4) is 5.75 Å². The summed E-state index contributed by atoms with van der Waals surface area (Å²) in [6, 6.07) is 8.50. The Morgan fingerprint density at radius 2 is 2.14 bits per heavy atom. The fourth-order valence-corrected chi connectivity index (χ4v) is 2.56. The second-order valence-electron chi connectivity index (χ2n) is 5.41. The van der Waals surface area contributed by atoms with Gasteiger partial charge in [0.05, 0.1) is 7.11 Å². The Hall–Kier alpha value is -2.08. The maximum absolute atomic E-state index is 5.16. The monoisotopic (exact) mass is 287 g/mol. The van der Waals surface area contributed by atoms with Gasteiger partial charge in [-0.25, -0.2) is 0 Å². The van der Waals surface area contributed by atoms with Crippen LogP contribution < -0.4 is 15.0 Å². The predicted octanol–water partition coefficient (Wildman–Crippen LogP) is 1.20. The first-order chi connectivity index (χ1) is 10.2. The molecule has 6 nitrogen and oxygen atoms in total. The molecule has 0 aliphatic carbocycles. The summed E-state index contributed by atoms with van der Waals surface area (Å²) in [7, 11) is 1.67. The Balaban J connectivity index is 1.66. The minimum absolute atomic E-state index is 0.474. The molecule has 0 spiro atoms. The third kappa shape index (κ3) is 3.33. The highest BCUT2D eigenvalue weighted by Gasteiger charge is 2.19. The number of hydrogen-bond donors (Lipinski definition) is 2. The molecule has 2 aromatic rings. The summed E-state index contributed by atoms with van der Waals surface area (Å²) in [6.45, 7) is 5.05. The Morgan fingerprint density at radius 1 is 1.33 bits per heavy atom. The van der Waals surface area contributed by atoms with Crippen molar-refractivity contribution in [2.24, 2.45) is 0 Å². The van der Waals surface area contributed by atoms with Crippen molar-refractivity contribution in [1.29, 1.82) is 0 Å². The molecule has 1 unspecified atom stereocenters. The van der Waals surface area contributed by atoms with Crippen LogP contribution in [0.5, 0.6) is 5.75 Å². The standard InChI is InChI=1S/C15H21N5O/c1-11-10-20(8-7-16-11)15-17-14(18-19-15)9-12-3-5-13(21-2)6-4-12/h3-6,11,16H,7-10H2,1-2H3,(H,17,18,19). The zero-order chi connectivity index (χ0) is 14.7. The number of ether oxygens (including phenoxy) is 1. The molecule has 6 heteroatoms. The molecule has 3 rings (SSSR count). The molecular weight excluding hydrogens is 266 g/mol. The number of nitrogens with zero attached hydrogens (tertiary/aromatic N) is 3. The molecule has 21 heavy (non-hydrogen) atoms. The fourth-order valence-electron chi connectivity index (χ4n) is 2.56. The molecule has 1 aliphatic rings. The van der Waals surface area contributed by atoms with Crippen molar-refractivity contribution in [2.45, 2.75) is 19.4 Å². The quantitative estimate of drug-likeness (QED) is 0.884. The van der Waals surface area contributed by atoms with Crippen LogP contribution in [0.15, 0.2) is 24.3 Å². The molecule has 112 valence electrons. The van der Waals surface area contributed by atoms with Crippen LogP contribution in [0.2, 0.25) is 0 Å². The van der Waals surface area contributed by atoms with E-state index in [0.717, 1.165) is 43.6 Å². The lowest BCUT2D eigenvalue weighted by Gasteiger charge is -2.30. The van der Waals surface area contributed by atoms with Gasteiger partial charge in [0.1, 0.15) is 11.6 Å². The number of nitrogens with one attached hydrogen (secondary N) is 2. The zero-order valence-electron chi connectivity index (χ0n) is 12.5. The van der Waals surface area contributed by atoms with E-state index in [9.17, 15) is 0 Å². The summed E-state index contributed by atoms with van der Waals surface area (Å²) in [6.07, 6.45) is 0.749. The average molecular weight is 287 g/mol. The highest BCUT2D eigenvalue weighted by atomic mass is 16.5. The third-order valence-electron chi connectivity index (χ3n) is 3.70. The van der Waals surface area contributed by atoms with Gasteiger partial charge in [-0.05, 0) is 24.6 Å². The lowest BCUT2D eigenvalue weighted by atomic mass is 10.1. The van der Waals surface area contributed by atoms with E-state index in [1.807, 2.05) is 24.3 Å². The molecule has 0 bridgehead atoms. The number of hydrogen-bond acceptors (Lipinski definition) is 5. The number of benzene rings is 1. The number of aromatic amines is 1. The van der Waals surface area contributed by atoms with E-state index in [2.05, 4.69) is 32.3 Å². The molecule has 2 N–H and O–H groups in total. The number of methoxy groups -OCH3 is 1. The van der Waals surface area contributed by atoms with Crippen LogP contribution in [0.3, 0.4) is 0 Å². The van der Waals surface area contributed by atoms with Gasteiger partial charge in [0.15, 0.2) is 0 Å². The van der Waals surface area contributed by atoms with Gasteiger partial charge in [0, 0.05) is 32.1 Å². The van der Waals surface area contributed by atoms with Gasteiger partial charge >= 0.3 is 0 Å². The van der Waals surface area contributed by atoms with Gasteiger partial charge in [0.25, 0.3) is 0 Å². The minimum atomic E-state index is 0.474. The summed E-state index contributed by atoms with van der Waals surface area (Å²) in [5.41, 5.74) is 1.19. The van der Waals surface area contributed by atoms with Crippen molar-refractivity contribution in [3.63, 3.8) is 0 Å². The maximum Gasteiger partial charge on any atom is 0.244 e. The van der Waals surface area contributed by atoms with E-state index in [0.29, 0.717) is 6.04 Å². The third-order valence-corrected chi connectivity index (χ3v) is 3.70. The Kier molecular flexibility index (Phi) is 4.06. The smallest absolute Gasteiger partial charge is 0.244 e. The minimum Gasteiger partial charge on any atom is -0.497 e. The molecule has 1 saturated heterocycles. The topological polar surface area (TPSA) is 66.1 Å². The van der Waals surface area contributed by atoms with Crippen molar-refractivity contribution >= 4 is 5.95 Å². The van der Waals surface area contributed by atoms with Gasteiger partial charge in [-0.2, -0.15) is 4.98 Å². The predicted molar refractivity (Wildman–Crippen MR) is 81.9 cm³/mol. The second kappa shape index (κ2) is 6.13. The summed E-state index contributed by atoms with van der Waals surface area (Å²) >= 11 is 0. The Morgan fingerprint density at radius 3 is 2.86 bits per heavy atom. The molecule has 0 amide bonds. The van der Waals surface area contributed by atoms with E-state index in [1.165, 1.54) is 5.56 Å². The van der Waals surface area contributed by atoms with E-state index >= 15 is 0 Å². The van der Waals surface area contributed by atoms with Gasteiger partial charge in [-0.3, -0.25) is 5.10 Å². The molecule has 1 aliphatic heterocycles. The summed E-state index contributed by atoms with van der Waals surface area (Å²) in [5, 5.41) is 10.8. The van der Waals surface area contributed by atoms with Crippen LogP contribution >= 0.6 is 0 Å². The molecule has 0 radical (unpaired) electrons. The highest BCUT2D eigenvalue weighted by Crippen LogP contribution is 2.15. The van der Waals surface area contributed by atoms with Crippen LogP contribution in [0.4, 0.5) is 5.95 Å². The highest BCUT2D eigenvalue weighted by molar-refractivity contribution is 5.32. The number of anilines is 1. The molecule has 1 aromatic heterocycles. The SMILES string of the molecule is COc1ccc(Cc2nc(N3CCNC(C)C3)n[nH]2)cc1. The molecule has 1 atom stereocenters.